The Hall–Kier alpha value is -2.40. The van der Waals surface area contributed by atoms with Crippen LogP contribution in [0.3, 0.4) is 0 Å². The summed E-state index contributed by atoms with van der Waals surface area (Å²) in [5, 5.41) is 9.26. The first-order valence-corrected chi connectivity index (χ1v) is 6.57. The predicted octanol–water partition coefficient (Wildman–Crippen LogP) is 2.77. The van der Waals surface area contributed by atoms with Gasteiger partial charge < -0.3 is 5.11 Å². The highest BCUT2D eigenvalue weighted by Gasteiger charge is 2.22. The van der Waals surface area contributed by atoms with Gasteiger partial charge >= 0.3 is 5.97 Å². The molecule has 21 heavy (non-hydrogen) atoms. The molecule has 0 aliphatic carbocycles. The van der Waals surface area contributed by atoms with Crippen LogP contribution in [-0.4, -0.2) is 28.5 Å². The molecule has 1 amide bonds. The number of aliphatic carboxylic acids is 1. The highest BCUT2D eigenvalue weighted by atomic mass is 35.5. The quantitative estimate of drug-likeness (QED) is 0.943. The van der Waals surface area contributed by atoms with Crippen molar-refractivity contribution in [2.24, 2.45) is 0 Å². The number of para-hydroxylation sites is 1. The zero-order valence-electron chi connectivity index (χ0n) is 11.3. The van der Waals surface area contributed by atoms with Crippen LogP contribution in [0.25, 0.3) is 0 Å². The number of carboxylic acid groups (broad SMARTS) is 1. The number of amides is 1. The van der Waals surface area contributed by atoms with E-state index in [1.165, 1.54) is 6.20 Å². The number of pyridine rings is 1. The molecule has 0 aliphatic rings. The molecule has 1 heterocycles. The normalized spacial score (nSPS) is 10.2. The van der Waals surface area contributed by atoms with Crippen molar-refractivity contribution in [1.29, 1.82) is 0 Å². The molecular weight excluding hydrogens is 292 g/mol. The Balaban J connectivity index is 2.41. The summed E-state index contributed by atoms with van der Waals surface area (Å²) in [6.07, 6.45) is 1.36. The third-order valence-corrected chi connectivity index (χ3v) is 3.14. The molecule has 5 nitrogen and oxygen atoms in total. The zero-order valence-corrected chi connectivity index (χ0v) is 12.0. The highest BCUT2D eigenvalue weighted by Crippen LogP contribution is 2.21. The molecule has 0 atom stereocenters. The van der Waals surface area contributed by atoms with E-state index in [0.717, 1.165) is 4.90 Å². The summed E-state index contributed by atoms with van der Waals surface area (Å²) in [7, 11) is 0. The van der Waals surface area contributed by atoms with Crippen molar-refractivity contribution in [1.82, 2.24) is 4.98 Å². The van der Waals surface area contributed by atoms with Crippen LogP contribution in [0.5, 0.6) is 0 Å². The predicted molar refractivity (Wildman–Crippen MR) is 79.7 cm³/mol. The van der Waals surface area contributed by atoms with E-state index in [0.29, 0.717) is 11.4 Å². The van der Waals surface area contributed by atoms with Crippen molar-refractivity contribution >= 4 is 29.2 Å². The average molecular weight is 305 g/mol. The number of benzene rings is 1. The van der Waals surface area contributed by atoms with E-state index in [2.05, 4.69) is 4.98 Å². The molecule has 1 aromatic heterocycles. The number of halogens is 1. The molecule has 6 heteroatoms. The Morgan fingerprint density at radius 1 is 1.29 bits per heavy atom. The van der Waals surface area contributed by atoms with Gasteiger partial charge in [-0.05, 0) is 25.1 Å². The lowest BCUT2D eigenvalue weighted by molar-refractivity contribution is -0.135. The fraction of sp³-hybridized carbons (Fsp3) is 0.133. The van der Waals surface area contributed by atoms with Crippen LogP contribution >= 0.6 is 11.6 Å². The first-order valence-electron chi connectivity index (χ1n) is 6.20. The molecule has 0 unspecified atom stereocenters. The fourth-order valence-corrected chi connectivity index (χ4v) is 2.14. The van der Waals surface area contributed by atoms with Crippen LogP contribution in [0.15, 0.2) is 42.6 Å². The van der Waals surface area contributed by atoms with Crippen LogP contribution in [0.4, 0.5) is 5.69 Å². The minimum atomic E-state index is -1.11. The Kier molecular flexibility index (Phi) is 4.55. The lowest BCUT2D eigenvalue weighted by atomic mass is 10.2. The molecule has 1 aromatic carbocycles. The van der Waals surface area contributed by atoms with Gasteiger partial charge in [-0.25, -0.2) is 0 Å². The summed E-state index contributed by atoms with van der Waals surface area (Å²) in [6.45, 7) is 1.30. The van der Waals surface area contributed by atoms with Crippen LogP contribution in [0.1, 0.15) is 16.1 Å². The van der Waals surface area contributed by atoms with Gasteiger partial charge in [0.25, 0.3) is 5.91 Å². The smallest absolute Gasteiger partial charge is 0.323 e. The van der Waals surface area contributed by atoms with Gasteiger partial charge in [0.1, 0.15) is 6.54 Å². The number of rotatable bonds is 4. The van der Waals surface area contributed by atoms with Gasteiger partial charge in [0, 0.05) is 17.6 Å². The average Bonchev–Trinajstić information content (AvgIpc) is 2.45. The lowest BCUT2D eigenvalue weighted by Crippen LogP contribution is -2.36. The van der Waals surface area contributed by atoms with E-state index < -0.39 is 18.4 Å². The molecule has 1 N–H and O–H groups in total. The number of hydrogen-bond donors (Lipinski definition) is 1. The molecule has 0 saturated heterocycles. The number of carboxylic acids is 1. The van der Waals surface area contributed by atoms with Crippen molar-refractivity contribution in [3.8, 4) is 0 Å². The Morgan fingerprint density at radius 2 is 1.95 bits per heavy atom. The van der Waals surface area contributed by atoms with E-state index in [9.17, 15) is 9.59 Å². The molecule has 0 saturated carbocycles. The number of carbonyl (C=O) groups is 2. The zero-order chi connectivity index (χ0) is 15.4. The number of carbonyl (C=O) groups excluding carboxylic acids is 1. The summed E-state index contributed by atoms with van der Waals surface area (Å²) in [5.41, 5.74) is 1.34. The second-order valence-electron chi connectivity index (χ2n) is 4.43. The van der Waals surface area contributed by atoms with Crippen LogP contribution in [0, 0.1) is 6.92 Å². The molecule has 0 bridgehead atoms. The molecule has 2 rings (SSSR count). The topological polar surface area (TPSA) is 70.5 Å². The first-order chi connectivity index (χ1) is 9.99. The van der Waals surface area contributed by atoms with Gasteiger partial charge in [0.05, 0.1) is 10.6 Å². The van der Waals surface area contributed by atoms with Gasteiger partial charge in [-0.15, -0.1) is 0 Å². The minimum Gasteiger partial charge on any atom is -0.480 e. The second kappa shape index (κ2) is 6.37. The van der Waals surface area contributed by atoms with Crippen LogP contribution < -0.4 is 4.90 Å². The van der Waals surface area contributed by atoms with Crippen molar-refractivity contribution in [2.75, 3.05) is 11.4 Å². The number of anilines is 1. The summed E-state index contributed by atoms with van der Waals surface area (Å²) < 4.78 is 0. The fourth-order valence-electron chi connectivity index (χ4n) is 1.85. The van der Waals surface area contributed by atoms with Crippen LogP contribution in [0.2, 0.25) is 5.02 Å². The van der Waals surface area contributed by atoms with Crippen molar-refractivity contribution < 1.29 is 14.7 Å². The third kappa shape index (κ3) is 3.58. The summed E-state index contributed by atoms with van der Waals surface area (Å²) >= 11 is 6.06. The summed E-state index contributed by atoms with van der Waals surface area (Å²) in [6, 6.07) is 10.1. The Morgan fingerprint density at radius 3 is 2.52 bits per heavy atom. The Bertz CT molecular complexity index is 674. The van der Waals surface area contributed by atoms with E-state index in [-0.39, 0.29) is 10.6 Å². The number of aryl methyl sites for hydroxylation is 1. The van der Waals surface area contributed by atoms with E-state index in [4.69, 9.17) is 16.7 Å². The van der Waals surface area contributed by atoms with Gasteiger partial charge in [0.2, 0.25) is 0 Å². The molecular formula is C15H13ClN2O3. The van der Waals surface area contributed by atoms with Gasteiger partial charge in [-0.2, -0.15) is 0 Å². The number of nitrogens with zero attached hydrogens (tertiary/aromatic N) is 2. The van der Waals surface area contributed by atoms with Crippen LogP contribution in [-0.2, 0) is 4.79 Å². The molecule has 0 spiro atoms. The van der Waals surface area contributed by atoms with E-state index in [1.54, 1.807) is 43.3 Å². The molecule has 2 aromatic rings. The molecule has 0 aliphatic heterocycles. The van der Waals surface area contributed by atoms with E-state index in [1.807, 2.05) is 0 Å². The SMILES string of the molecule is Cc1cc(Cl)c(C(=O)N(CC(=O)O)c2ccccc2)cn1. The van der Waals surface area contributed by atoms with Gasteiger partial charge in [-0.3, -0.25) is 19.5 Å². The highest BCUT2D eigenvalue weighted by molar-refractivity contribution is 6.34. The summed E-state index contributed by atoms with van der Waals surface area (Å²) in [5.74, 6) is -1.61. The lowest BCUT2D eigenvalue weighted by Gasteiger charge is -2.21. The Labute approximate surface area is 126 Å². The maximum Gasteiger partial charge on any atom is 0.323 e. The number of hydrogen-bond acceptors (Lipinski definition) is 3. The first kappa shape index (κ1) is 15.0. The monoisotopic (exact) mass is 304 g/mol. The minimum absolute atomic E-state index is 0.173. The summed E-state index contributed by atoms with van der Waals surface area (Å²) in [4.78, 5) is 28.8. The van der Waals surface area contributed by atoms with Gasteiger partial charge in [-0.1, -0.05) is 29.8 Å². The maximum absolute atomic E-state index is 12.6. The second-order valence-corrected chi connectivity index (χ2v) is 4.83. The third-order valence-electron chi connectivity index (χ3n) is 2.83. The standard InChI is InChI=1S/C15H13ClN2O3/c1-10-7-13(16)12(8-17-10)15(21)18(9-14(19)20)11-5-3-2-4-6-11/h2-8H,9H2,1H3,(H,19,20). The maximum atomic E-state index is 12.6. The van der Waals surface area contributed by atoms with Crippen molar-refractivity contribution in [3.63, 3.8) is 0 Å². The van der Waals surface area contributed by atoms with Crippen molar-refractivity contribution in [3.05, 3.63) is 58.9 Å². The van der Waals surface area contributed by atoms with Crippen molar-refractivity contribution in [2.45, 2.75) is 6.92 Å². The molecule has 0 radical (unpaired) electrons. The largest absolute Gasteiger partial charge is 0.480 e. The molecule has 0 fully saturated rings. The van der Waals surface area contributed by atoms with E-state index >= 15 is 0 Å². The molecule has 108 valence electrons. The number of aromatic nitrogens is 1. The van der Waals surface area contributed by atoms with Gasteiger partial charge in [0.15, 0.2) is 0 Å².